The molecule has 0 saturated carbocycles. The Hall–Kier alpha value is -1.84. The molecule has 0 aliphatic carbocycles. The molecule has 3 atom stereocenters. The number of aliphatic hydroxyl groups is 1. The lowest BCUT2D eigenvalue weighted by atomic mass is 9.88. The van der Waals surface area contributed by atoms with Crippen molar-refractivity contribution in [1.29, 1.82) is 0 Å². The topological polar surface area (TPSA) is 55.5 Å². The zero-order valence-electron chi connectivity index (χ0n) is 13.5. The van der Waals surface area contributed by atoms with Crippen LogP contribution in [0.15, 0.2) is 48.5 Å². The number of ether oxygens (including phenoxy) is 1. The molecule has 0 aromatic heterocycles. The minimum atomic E-state index is -0.662. The molecule has 3 nitrogen and oxygen atoms in total. The van der Waals surface area contributed by atoms with Crippen LogP contribution in [0.2, 0.25) is 0 Å². The predicted octanol–water partition coefficient (Wildman–Crippen LogP) is 3.24. The number of para-hydroxylation sites is 1. The molecule has 0 radical (unpaired) electrons. The molecule has 0 aliphatic heterocycles. The lowest BCUT2D eigenvalue weighted by Gasteiger charge is -2.26. The highest BCUT2D eigenvalue weighted by atomic mass is 16.5. The molecule has 0 heterocycles. The smallest absolute Gasteiger partial charge is 0.122 e. The Morgan fingerprint density at radius 3 is 2.55 bits per heavy atom. The summed E-state index contributed by atoms with van der Waals surface area (Å²) in [5.41, 5.74) is 9.41. The first-order valence-corrected chi connectivity index (χ1v) is 7.65. The zero-order valence-corrected chi connectivity index (χ0v) is 13.5. The van der Waals surface area contributed by atoms with Gasteiger partial charge in [0.05, 0.1) is 13.2 Å². The molecular weight excluding hydrogens is 274 g/mol. The largest absolute Gasteiger partial charge is 0.496 e. The van der Waals surface area contributed by atoms with Gasteiger partial charge in [-0.3, -0.25) is 0 Å². The molecule has 0 spiro atoms. The summed E-state index contributed by atoms with van der Waals surface area (Å²) in [7, 11) is 1.67. The van der Waals surface area contributed by atoms with Gasteiger partial charge in [0.15, 0.2) is 0 Å². The Morgan fingerprint density at radius 1 is 1.14 bits per heavy atom. The summed E-state index contributed by atoms with van der Waals surface area (Å²) < 4.78 is 5.38. The normalized spacial score (nSPS) is 15.1. The summed E-state index contributed by atoms with van der Waals surface area (Å²) in [4.78, 5) is 0. The molecule has 1 unspecified atom stereocenters. The fourth-order valence-electron chi connectivity index (χ4n) is 2.74. The maximum absolute atomic E-state index is 10.5. The molecule has 2 aromatic carbocycles. The summed E-state index contributed by atoms with van der Waals surface area (Å²) in [6, 6.07) is 15.5. The van der Waals surface area contributed by atoms with E-state index in [0.717, 1.165) is 28.9 Å². The summed E-state index contributed by atoms with van der Waals surface area (Å²) in [6.07, 6.45) is 0.109. The third-order valence-electron chi connectivity index (χ3n) is 4.14. The van der Waals surface area contributed by atoms with Crippen LogP contribution in [-0.2, 0) is 6.42 Å². The highest BCUT2D eigenvalue weighted by Gasteiger charge is 2.23. The van der Waals surface area contributed by atoms with Crippen LogP contribution in [0.5, 0.6) is 5.75 Å². The van der Waals surface area contributed by atoms with E-state index < -0.39 is 6.10 Å². The van der Waals surface area contributed by atoms with Crippen molar-refractivity contribution in [1.82, 2.24) is 0 Å². The van der Waals surface area contributed by atoms with E-state index in [1.54, 1.807) is 7.11 Å². The molecule has 0 bridgehead atoms. The van der Waals surface area contributed by atoms with E-state index in [9.17, 15) is 5.11 Å². The van der Waals surface area contributed by atoms with Crippen LogP contribution in [-0.4, -0.2) is 18.3 Å². The number of benzene rings is 2. The monoisotopic (exact) mass is 299 g/mol. The first-order chi connectivity index (χ1) is 10.5. The van der Waals surface area contributed by atoms with Gasteiger partial charge in [-0.15, -0.1) is 0 Å². The second kappa shape index (κ2) is 7.43. The van der Waals surface area contributed by atoms with Crippen molar-refractivity contribution < 1.29 is 9.84 Å². The van der Waals surface area contributed by atoms with Crippen molar-refractivity contribution >= 4 is 0 Å². The molecular formula is C19H25NO2. The van der Waals surface area contributed by atoms with Gasteiger partial charge in [-0.1, -0.05) is 55.0 Å². The van der Waals surface area contributed by atoms with Gasteiger partial charge in [-0.2, -0.15) is 0 Å². The minimum Gasteiger partial charge on any atom is -0.496 e. The van der Waals surface area contributed by atoms with Gasteiger partial charge in [0.2, 0.25) is 0 Å². The lowest BCUT2D eigenvalue weighted by Crippen LogP contribution is -2.36. The zero-order chi connectivity index (χ0) is 16.1. The van der Waals surface area contributed by atoms with Crippen LogP contribution in [0.3, 0.4) is 0 Å². The second-order valence-electron chi connectivity index (χ2n) is 5.93. The molecule has 3 heteroatoms. The van der Waals surface area contributed by atoms with E-state index in [2.05, 4.69) is 6.92 Å². The summed E-state index contributed by atoms with van der Waals surface area (Å²) in [5.74, 6) is 0.999. The van der Waals surface area contributed by atoms with Crippen molar-refractivity contribution in [3.63, 3.8) is 0 Å². The van der Waals surface area contributed by atoms with E-state index >= 15 is 0 Å². The fraction of sp³-hybridized carbons (Fsp3) is 0.368. The Kier molecular flexibility index (Phi) is 5.58. The van der Waals surface area contributed by atoms with Crippen molar-refractivity contribution in [3.05, 3.63) is 65.2 Å². The van der Waals surface area contributed by atoms with Gasteiger partial charge in [-0.25, -0.2) is 0 Å². The SMILES string of the molecule is COc1ccccc1CC(C)[C@@H](N)[C@H](O)c1cccc(C)c1. The van der Waals surface area contributed by atoms with E-state index in [1.165, 1.54) is 0 Å². The number of hydrogen-bond donors (Lipinski definition) is 2. The van der Waals surface area contributed by atoms with Gasteiger partial charge in [0, 0.05) is 6.04 Å². The van der Waals surface area contributed by atoms with Gasteiger partial charge in [0.1, 0.15) is 5.75 Å². The average Bonchev–Trinajstić information content (AvgIpc) is 2.54. The van der Waals surface area contributed by atoms with Crippen molar-refractivity contribution in [2.75, 3.05) is 7.11 Å². The molecule has 2 aromatic rings. The number of rotatable bonds is 6. The van der Waals surface area contributed by atoms with Crippen LogP contribution >= 0.6 is 0 Å². The third-order valence-corrected chi connectivity index (χ3v) is 4.14. The Bertz CT molecular complexity index is 612. The maximum Gasteiger partial charge on any atom is 0.122 e. The van der Waals surface area contributed by atoms with Crippen LogP contribution < -0.4 is 10.5 Å². The van der Waals surface area contributed by atoms with E-state index in [0.29, 0.717) is 0 Å². The van der Waals surface area contributed by atoms with Crippen LogP contribution in [0.25, 0.3) is 0 Å². The van der Waals surface area contributed by atoms with E-state index in [4.69, 9.17) is 10.5 Å². The fourth-order valence-corrected chi connectivity index (χ4v) is 2.74. The number of nitrogens with two attached hydrogens (primary N) is 1. The van der Waals surface area contributed by atoms with Gasteiger partial charge in [-0.05, 0) is 36.5 Å². The molecule has 0 saturated heterocycles. The third kappa shape index (κ3) is 3.87. The Morgan fingerprint density at radius 2 is 1.86 bits per heavy atom. The van der Waals surface area contributed by atoms with Crippen LogP contribution in [0.4, 0.5) is 0 Å². The average molecular weight is 299 g/mol. The maximum atomic E-state index is 10.5. The standard InChI is InChI=1S/C19H25NO2/c1-13-7-6-9-16(11-13)19(21)18(20)14(2)12-15-8-4-5-10-17(15)22-3/h4-11,14,18-19,21H,12,20H2,1-3H3/t14?,18-,19-/m1/s1. The minimum absolute atomic E-state index is 0.131. The predicted molar refractivity (Wildman–Crippen MR) is 90.0 cm³/mol. The van der Waals surface area contributed by atoms with Crippen molar-refractivity contribution in [2.24, 2.45) is 11.7 Å². The Labute approximate surface area is 132 Å². The summed E-state index contributed by atoms with van der Waals surface area (Å²) in [6.45, 7) is 4.08. The van der Waals surface area contributed by atoms with E-state index in [1.807, 2.05) is 55.5 Å². The van der Waals surface area contributed by atoms with Crippen molar-refractivity contribution in [2.45, 2.75) is 32.4 Å². The first kappa shape index (κ1) is 16.5. The summed E-state index contributed by atoms with van der Waals surface area (Å²) in [5, 5.41) is 10.5. The van der Waals surface area contributed by atoms with Gasteiger partial charge >= 0.3 is 0 Å². The summed E-state index contributed by atoms with van der Waals surface area (Å²) >= 11 is 0. The van der Waals surface area contributed by atoms with Gasteiger partial charge < -0.3 is 15.6 Å². The number of aryl methyl sites for hydroxylation is 1. The highest BCUT2D eigenvalue weighted by molar-refractivity contribution is 5.34. The Balaban J connectivity index is 2.10. The highest BCUT2D eigenvalue weighted by Crippen LogP contribution is 2.26. The quantitative estimate of drug-likeness (QED) is 0.861. The number of hydrogen-bond acceptors (Lipinski definition) is 3. The second-order valence-corrected chi connectivity index (χ2v) is 5.93. The first-order valence-electron chi connectivity index (χ1n) is 7.65. The number of aliphatic hydroxyl groups excluding tert-OH is 1. The van der Waals surface area contributed by atoms with Crippen LogP contribution in [0, 0.1) is 12.8 Å². The lowest BCUT2D eigenvalue weighted by molar-refractivity contribution is 0.121. The molecule has 0 amide bonds. The van der Waals surface area contributed by atoms with Crippen LogP contribution in [0.1, 0.15) is 29.7 Å². The van der Waals surface area contributed by atoms with E-state index in [-0.39, 0.29) is 12.0 Å². The molecule has 3 N–H and O–H groups in total. The molecule has 118 valence electrons. The number of methoxy groups -OCH3 is 1. The molecule has 0 aliphatic rings. The van der Waals surface area contributed by atoms with Gasteiger partial charge in [0.25, 0.3) is 0 Å². The van der Waals surface area contributed by atoms with Crippen molar-refractivity contribution in [3.8, 4) is 5.75 Å². The molecule has 22 heavy (non-hydrogen) atoms. The molecule has 2 rings (SSSR count). The molecule has 0 fully saturated rings.